The lowest BCUT2D eigenvalue weighted by atomic mass is 9.93. The SMILES string of the molecule is c1ccc(-c2nc(-c3ccc4c(c3)oc3cc5ccccc5cc34)nc(-c3cc4ccccc4c4c3ccc3ccncc34)n2)cc1. The Hall–Kier alpha value is -6.46. The number of rotatable bonds is 3. The van der Waals surface area contributed by atoms with Crippen molar-refractivity contribution in [2.24, 2.45) is 0 Å². The van der Waals surface area contributed by atoms with Crippen LogP contribution in [0.4, 0.5) is 0 Å². The van der Waals surface area contributed by atoms with E-state index in [4.69, 9.17) is 19.4 Å². The highest BCUT2D eigenvalue weighted by Crippen LogP contribution is 2.39. The maximum Gasteiger partial charge on any atom is 0.164 e. The van der Waals surface area contributed by atoms with Gasteiger partial charge in [0.1, 0.15) is 11.2 Å². The van der Waals surface area contributed by atoms with Gasteiger partial charge in [-0.3, -0.25) is 4.98 Å². The number of benzene rings is 7. The smallest absolute Gasteiger partial charge is 0.164 e. The Morgan fingerprint density at radius 1 is 0.404 bits per heavy atom. The highest BCUT2D eigenvalue weighted by molar-refractivity contribution is 6.23. The summed E-state index contributed by atoms with van der Waals surface area (Å²) in [4.78, 5) is 19.8. The van der Waals surface area contributed by atoms with Crippen molar-refractivity contribution in [2.45, 2.75) is 0 Å². The molecule has 0 radical (unpaired) electrons. The summed E-state index contributed by atoms with van der Waals surface area (Å²) in [5, 5.41) is 11.2. The van der Waals surface area contributed by atoms with Crippen LogP contribution in [0, 0.1) is 0 Å². The van der Waals surface area contributed by atoms with E-state index in [1.165, 1.54) is 10.8 Å². The van der Waals surface area contributed by atoms with Gasteiger partial charge in [0, 0.05) is 45.2 Å². The van der Waals surface area contributed by atoms with Gasteiger partial charge in [0.2, 0.25) is 0 Å². The van der Waals surface area contributed by atoms with Crippen molar-refractivity contribution in [3.63, 3.8) is 0 Å². The summed E-state index contributed by atoms with van der Waals surface area (Å²) in [5.74, 6) is 1.82. The van der Waals surface area contributed by atoms with E-state index in [0.29, 0.717) is 17.5 Å². The molecule has 0 unspecified atom stereocenters. The second kappa shape index (κ2) is 10.0. The quantitative estimate of drug-likeness (QED) is 0.189. The van der Waals surface area contributed by atoms with Gasteiger partial charge in [0.25, 0.3) is 0 Å². The molecule has 0 spiro atoms. The zero-order chi connectivity index (χ0) is 30.9. The minimum Gasteiger partial charge on any atom is -0.456 e. The molecule has 0 aliphatic carbocycles. The third-order valence-corrected chi connectivity index (χ3v) is 9.15. The van der Waals surface area contributed by atoms with Crippen LogP contribution in [-0.4, -0.2) is 19.9 Å². The Kier molecular flexibility index (Phi) is 5.51. The van der Waals surface area contributed by atoms with Crippen molar-refractivity contribution < 1.29 is 4.42 Å². The van der Waals surface area contributed by atoms with Crippen molar-refractivity contribution in [3.8, 4) is 34.2 Å². The van der Waals surface area contributed by atoms with Gasteiger partial charge in [0.05, 0.1) is 0 Å². The van der Waals surface area contributed by atoms with Crippen LogP contribution in [0.15, 0.2) is 150 Å². The van der Waals surface area contributed by atoms with Crippen LogP contribution in [0.2, 0.25) is 0 Å². The third-order valence-electron chi connectivity index (χ3n) is 9.15. The molecule has 5 nitrogen and oxygen atoms in total. The van der Waals surface area contributed by atoms with Crippen LogP contribution in [0.1, 0.15) is 0 Å². The van der Waals surface area contributed by atoms with Crippen molar-refractivity contribution in [3.05, 3.63) is 146 Å². The van der Waals surface area contributed by atoms with Gasteiger partial charge < -0.3 is 4.42 Å². The fraction of sp³-hybridized carbons (Fsp3) is 0. The Morgan fingerprint density at radius 3 is 1.98 bits per heavy atom. The van der Waals surface area contributed by atoms with Crippen LogP contribution >= 0.6 is 0 Å². The molecule has 0 saturated carbocycles. The van der Waals surface area contributed by atoms with Crippen molar-refractivity contribution in [1.82, 2.24) is 19.9 Å². The van der Waals surface area contributed by atoms with Gasteiger partial charge in [-0.1, -0.05) is 97.1 Å². The Morgan fingerprint density at radius 2 is 1.11 bits per heavy atom. The summed E-state index contributed by atoms with van der Waals surface area (Å²) < 4.78 is 6.42. The summed E-state index contributed by atoms with van der Waals surface area (Å²) in [6, 6.07) is 46.1. The topological polar surface area (TPSA) is 64.7 Å². The summed E-state index contributed by atoms with van der Waals surface area (Å²) in [6.45, 7) is 0. The molecule has 0 amide bonds. The molecule has 3 heterocycles. The first-order valence-electron chi connectivity index (χ1n) is 15.6. The predicted molar refractivity (Wildman–Crippen MR) is 191 cm³/mol. The fourth-order valence-electron chi connectivity index (χ4n) is 6.89. The van der Waals surface area contributed by atoms with Crippen LogP contribution < -0.4 is 0 Å². The van der Waals surface area contributed by atoms with E-state index in [2.05, 4.69) is 102 Å². The highest BCUT2D eigenvalue weighted by atomic mass is 16.3. The average molecular weight is 601 g/mol. The van der Waals surface area contributed by atoms with E-state index in [1.807, 2.05) is 48.8 Å². The zero-order valence-corrected chi connectivity index (χ0v) is 25.1. The maximum absolute atomic E-state index is 6.42. The molecule has 0 bridgehead atoms. The average Bonchev–Trinajstić information content (AvgIpc) is 3.50. The Bertz CT molecular complexity index is 2840. The maximum atomic E-state index is 6.42. The summed E-state index contributed by atoms with van der Waals surface area (Å²) >= 11 is 0. The van der Waals surface area contributed by atoms with Gasteiger partial charge in [-0.05, 0) is 74.1 Å². The van der Waals surface area contributed by atoms with Gasteiger partial charge in [-0.2, -0.15) is 0 Å². The monoisotopic (exact) mass is 600 g/mol. The molecule has 218 valence electrons. The number of nitrogens with zero attached hydrogens (tertiary/aromatic N) is 4. The minimum atomic E-state index is 0.588. The van der Waals surface area contributed by atoms with Crippen LogP contribution in [0.3, 0.4) is 0 Å². The molecular weight excluding hydrogens is 576 g/mol. The lowest BCUT2D eigenvalue weighted by Gasteiger charge is -2.14. The number of aromatic nitrogens is 4. The molecule has 3 aromatic heterocycles. The predicted octanol–water partition coefficient (Wildman–Crippen LogP) is 10.8. The van der Waals surface area contributed by atoms with E-state index < -0.39 is 0 Å². The molecule has 10 rings (SSSR count). The number of pyridine rings is 1. The fourth-order valence-corrected chi connectivity index (χ4v) is 6.89. The summed E-state index contributed by atoms with van der Waals surface area (Å²) in [7, 11) is 0. The molecule has 10 aromatic rings. The van der Waals surface area contributed by atoms with Crippen LogP contribution in [-0.2, 0) is 0 Å². The normalized spacial score (nSPS) is 11.8. The lowest BCUT2D eigenvalue weighted by molar-refractivity contribution is 0.669. The Balaban J connectivity index is 1.23. The molecular formula is C42H24N4O. The molecule has 0 N–H and O–H groups in total. The molecule has 0 aliphatic heterocycles. The van der Waals surface area contributed by atoms with Gasteiger partial charge in [-0.15, -0.1) is 0 Å². The van der Waals surface area contributed by atoms with E-state index >= 15 is 0 Å². The minimum absolute atomic E-state index is 0.588. The lowest BCUT2D eigenvalue weighted by Crippen LogP contribution is -2.01. The van der Waals surface area contributed by atoms with Crippen LogP contribution in [0.25, 0.3) is 99.2 Å². The molecule has 47 heavy (non-hydrogen) atoms. The van der Waals surface area contributed by atoms with E-state index in [1.54, 1.807) is 0 Å². The second-order valence-corrected chi connectivity index (χ2v) is 11.9. The van der Waals surface area contributed by atoms with Crippen molar-refractivity contribution >= 4 is 65.0 Å². The van der Waals surface area contributed by atoms with Crippen molar-refractivity contribution in [1.29, 1.82) is 0 Å². The van der Waals surface area contributed by atoms with E-state index in [-0.39, 0.29) is 0 Å². The molecule has 5 heteroatoms. The summed E-state index contributed by atoms with van der Waals surface area (Å²) in [6.07, 6.45) is 3.79. The second-order valence-electron chi connectivity index (χ2n) is 11.9. The first kappa shape index (κ1) is 25.8. The molecule has 0 fully saturated rings. The highest BCUT2D eigenvalue weighted by Gasteiger charge is 2.18. The first-order chi connectivity index (χ1) is 23.3. The number of fused-ring (bicyclic) bond motifs is 9. The van der Waals surface area contributed by atoms with Crippen molar-refractivity contribution in [2.75, 3.05) is 0 Å². The van der Waals surface area contributed by atoms with Crippen LogP contribution in [0.5, 0.6) is 0 Å². The van der Waals surface area contributed by atoms with Gasteiger partial charge in [0.15, 0.2) is 17.5 Å². The van der Waals surface area contributed by atoms with E-state index in [9.17, 15) is 0 Å². The standard InChI is InChI=1S/C42H24N4O/c1-2-8-26(9-3-1)40-44-41(30-15-16-32-34-20-27-10-4-5-11-28(27)22-38(34)47-37(32)23-30)46-42(45-40)35-21-29-12-6-7-13-31(29)39-33(35)17-14-25-18-19-43-24-36(25)39/h1-24H. The number of hydrogen-bond donors (Lipinski definition) is 0. The molecule has 7 aromatic carbocycles. The van der Waals surface area contributed by atoms with Gasteiger partial charge >= 0.3 is 0 Å². The Labute approximate surface area is 268 Å². The number of hydrogen-bond acceptors (Lipinski definition) is 5. The van der Waals surface area contributed by atoms with E-state index in [0.717, 1.165) is 70.9 Å². The first-order valence-corrected chi connectivity index (χ1v) is 15.6. The van der Waals surface area contributed by atoms with Gasteiger partial charge in [-0.25, -0.2) is 15.0 Å². The third kappa shape index (κ3) is 4.10. The largest absolute Gasteiger partial charge is 0.456 e. The summed E-state index contributed by atoms with van der Waals surface area (Å²) in [5.41, 5.74) is 4.39. The molecule has 0 saturated heterocycles. The molecule has 0 aliphatic rings. The zero-order valence-electron chi connectivity index (χ0n) is 25.1. The molecule has 0 atom stereocenters. The number of furan rings is 1.